The van der Waals surface area contributed by atoms with E-state index >= 15 is 0 Å². The Balaban J connectivity index is 1.84. The topological polar surface area (TPSA) is 78.4 Å². The molecule has 0 heterocycles. The summed E-state index contributed by atoms with van der Waals surface area (Å²) in [5.41, 5.74) is 1.72. The number of carbonyl (C=O) groups excluding carboxylic acids is 2. The molecular weight excluding hydrogens is 328 g/mol. The summed E-state index contributed by atoms with van der Waals surface area (Å²) in [7, 11) is 0. The Hall–Kier alpha value is -2.37. The van der Waals surface area contributed by atoms with Gasteiger partial charge in [-0.15, -0.1) is 0 Å². The second-order valence-electron chi connectivity index (χ2n) is 5.31. The van der Waals surface area contributed by atoms with Crippen LogP contribution in [0.25, 0.3) is 0 Å². The van der Waals surface area contributed by atoms with Crippen LogP contribution in [0.4, 0.5) is 0 Å². The van der Waals surface area contributed by atoms with Crippen molar-refractivity contribution < 1.29 is 14.7 Å². The van der Waals surface area contributed by atoms with E-state index in [0.29, 0.717) is 11.6 Å². The predicted octanol–water partition coefficient (Wildman–Crippen LogP) is 1.68. The molecule has 0 unspecified atom stereocenters. The largest absolute Gasteiger partial charge is 0.394 e. The van der Waals surface area contributed by atoms with Crippen molar-refractivity contribution in [3.63, 3.8) is 0 Å². The molecule has 0 saturated carbocycles. The number of amides is 2. The third-order valence-electron chi connectivity index (χ3n) is 3.42. The molecule has 0 radical (unpaired) electrons. The van der Waals surface area contributed by atoms with Gasteiger partial charge in [-0.1, -0.05) is 54.1 Å². The smallest absolute Gasteiger partial charge is 0.245 e. The first-order valence-corrected chi connectivity index (χ1v) is 7.92. The van der Waals surface area contributed by atoms with Crippen molar-refractivity contribution in [2.75, 3.05) is 6.61 Å². The molecule has 0 spiro atoms. The van der Waals surface area contributed by atoms with Crippen LogP contribution in [-0.4, -0.2) is 29.6 Å². The van der Waals surface area contributed by atoms with Crippen molar-refractivity contribution >= 4 is 23.4 Å². The average Bonchev–Trinajstić information content (AvgIpc) is 2.59. The van der Waals surface area contributed by atoms with Crippen molar-refractivity contribution in [2.45, 2.75) is 19.0 Å². The van der Waals surface area contributed by atoms with Crippen molar-refractivity contribution in [1.29, 1.82) is 0 Å². The lowest BCUT2D eigenvalue weighted by molar-refractivity contribution is -0.129. The molecule has 3 N–H and O–H groups in total. The van der Waals surface area contributed by atoms with Crippen LogP contribution < -0.4 is 10.6 Å². The van der Waals surface area contributed by atoms with E-state index in [1.807, 2.05) is 30.3 Å². The number of hydrogen-bond donors (Lipinski definition) is 3. The van der Waals surface area contributed by atoms with Crippen LogP contribution in [0.5, 0.6) is 0 Å². The van der Waals surface area contributed by atoms with E-state index in [1.54, 1.807) is 24.3 Å². The van der Waals surface area contributed by atoms with Crippen molar-refractivity contribution in [1.82, 2.24) is 10.6 Å². The fraction of sp³-hybridized carbons (Fsp3) is 0.222. The molecule has 2 aromatic rings. The summed E-state index contributed by atoms with van der Waals surface area (Å²) in [5, 5.41) is 15.2. The zero-order chi connectivity index (χ0) is 17.4. The van der Waals surface area contributed by atoms with Crippen LogP contribution >= 0.6 is 11.6 Å². The Morgan fingerprint density at radius 3 is 2.29 bits per heavy atom. The van der Waals surface area contributed by atoms with Gasteiger partial charge in [-0.3, -0.25) is 9.59 Å². The van der Waals surface area contributed by atoms with E-state index in [1.165, 1.54) is 0 Å². The Morgan fingerprint density at radius 2 is 1.67 bits per heavy atom. The lowest BCUT2D eigenvalue weighted by Crippen LogP contribution is -2.49. The molecule has 0 aliphatic carbocycles. The molecule has 0 aliphatic rings. The lowest BCUT2D eigenvalue weighted by atomic mass is 10.1. The van der Waals surface area contributed by atoms with E-state index < -0.39 is 18.6 Å². The first kappa shape index (κ1) is 18.0. The Labute approximate surface area is 145 Å². The standard InChI is InChI=1S/C18H19ClN2O3/c19-15-8-6-14(7-9-15)11-20-18(24)16(12-22)21-17(23)10-13-4-2-1-3-5-13/h1-9,16,22H,10-12H2,(H,20,24)(H,21,23)/t16-/m0/s1. The van der Waals surface area contributed by atoms with Crippen LogP contribution in [0, 0.1) is 0 Å². The van der Waals surface area contributed by atoms with Gasteiger partial charge in [-0.2, -0.15) is 0 Å². The minimum Gasteiger partial charge on any atom is -0.394 e. The van der Waals surface area contributed by atoms with E-state index in [-0.39, 0.29) is 12.3 Å². The maximum Gasteiger partial charge on any atom is 0.245 e. The van der Waals surface area contributed by atoms with E-state index in [2.05, 4.69) is 10.6 Å². The molecule has 0 saturated heterocycles. The highest BCUT2D eigenvalue weighted by Gasteiger charge is 2.19. The van der Waals surface area contributed by atoms with Gasteiger partial charge in [0.1, 0.15) is 6.04 Å². The molecule has 0 aliphatic heterocycles. The molecule has 6 heteroatoms. The SMILES string of the molecule is O=C(Cc1ccccc1)N[C@@H](CO)C(=O)NCc1ccc(Cl)cc1. The fourth-order valence-corrected chi connectivity index (χ4v) is 2.26. The quantitative estimate of drug-likeness (QED) is 0.713. The molecule has 0 aromatic heterocycles. The van der Waals surface area contributed by atoms with Crippen molar-refractivity contribution in [2.24, 2.45) is 0 Å². The molecule has 0 bridgehead atoms. The average molecular weight is 347 g/mol. The first-order valence-electron chi connectivity index (χ1n) is 7.55. The monoisotopic (exact) mass is 346 g/mol. The number of rotatable bonds is 7. The maximum absolute atomic E-state index is 12.1. The fourth-order valence-electron chi connectivity index (χ4n) is 2.14. The Morgan fingerprint density at radius 1 is 1.00 bits per heavy atom. The second kappa shape index (κ2) is 9.05. The van der Waals surface area contributed by atoms with Gasteiger partial charge in [0.15, 0.2) is 0 Å². The Kier molecular flexibility index (Phi) is 6.78. The van der Waals surface area contributed by atoms with Gasteiger partial charge in [-0.25, -0.2) is 0 Å². The van der Waals surface area contributed by atoms with E-state index in [0.717, 1.165) is 11.1 Å². The van der Waals surface area contributed by atoms with Crippen molar-refractivity contribution in [3.05, 3.63) is 70.7 Å². The van der Waals surface area contributed by atoms with Crippen LogP contribution in [0.3, 0.4) is 0 Å². The van der Waals surface area contributed by atoms with Gasteiger partial charge in [0.05, 0.1) is 13.0 Å². The summed E-state index contributed by atoms with van der Waals surface area (Å²) in [5.74, 6) is -0.754. The molecule has 2 aromatic carbocycles. The highest BCUT2D eigenvalue weighted by atomic mass is 35.5. The number of carbonyl (C=O) groups is 2. The van der Waals surface area contributed by atoms with Gasteiger partial charge in [0.2, 0.25) is 11.8 Å². The summed E-state index contributed by atoms with van der Waals surface area (Å²) in [4.78, 5) is 24.1. The predicted molar refractivity (Wildman–Crippen MR) is 92.5 cm³/mol. The normalized spacial score (nSPS) is 11.6. The third-order valence-corrected chi connectivity index (χ3v) is 3.67. The molecule has 2 rings (SSSR count). The summed E-state index contributed by atoms with van der Waals surface area (Å²) in [6, 6.07) is 15.3. The van der Waals surface area contributed by atoms with Crippen LogP contribution in [-0.2, 0) is 22.6 Å². The Bertz CT molecular complexity index is 674. The highest BCUT2D eigenvalue weighted by Crippen LogP contribution is 2.09. The van der Waals surface area contributed by atoms with Crippen LogP contribution in [0.2, 0.25) is 5.02 Å². The molecule has 0 fully saturated rings. The van der Waals surface area contributed by atoms with Gasteiger partial charge in [0, 0.05) is 11.6 Å². The second-order valence-corrected chi connectivity index (χ2v) is 5.75. The molecule has 24 heavy (non-hydrogen) atoms. The summed E-state index contributed by atoms with van der Waals surface area (Å²) < 4.78 is 0. The summed E-state index contributed by atoms with van der Waals surface area (Å²) >= 11 is 5.80. The number of aliphatic hydroxyl groups excluding tert-OH is 1. The lowest BCUT2D eigenvalue weighted by Gasteiger charge is -2.16. The highest BCUT2D eigenvalue weighted by molar-refractivity contribution is 6.30. The van der Waals surface area contributed by atoms with Gasteiger partial charge < -0.3 is 15.7 Å². The minimum atomic E-state index is -0.978. The zero-order valence-corrected chi connectivity index (χ0v) is 13.8. The number of benzene rings is 2. The van der Waals surface area contributed by atoms with Crippen LogP contribution in [0.15, 0.2) is 54.6 Å². The third kappa shape index (κ3) is 5.68. The summed E-state index contributed by atoms with van der Waals surface area (Å²) in [6.07, 6.45) is 0.155. The summed E-state index contributed by atoms with van der Waals surface area (Å²) in [6.45, 7) is -0.173. The molecule has 5 nitrogen and oxygen atoms in total. The van der Waals surface area contributed by atoms with Gasteiger partial charge in [-0.05, 0) is 23.3 Å². The maximum atomic E-state index is 12.1. The van der Waals surface area contributed by atoms with E-state index in [9.17, 15) is 14.7 Å². The molecule has 2 amide bonds. The minimum absolute atomic E-state index is 0.155. The van der Waals surface area contributed by atoms with Gasteiger partial charge in [0.25, 0.3) is 0 Å². The van der Waals surface area contributed by atoms with Gasteiger partial charge >= 0.3 is 0 Å². The van der Waals surface area contributed by atoms with E-state index in [4.69, 9.17) is 11.6 Å². The molecule has 126 valence electrons. The van der Waals surface area contributed by atoms with Crippen LogP contribution in [0.1, 0.15) is 11.1 Å². The van der Waals surface area contributed by atoms with Crippen molar-refractivity contribution in [3.8, 4) is 0 Å². The number of nitrogens with one attached hydrogen (secondary N) is 2. The molecular formula is C18H19ClN2O3. The number of hydrogen-bond acceptors (Lipinski definition) is 3. The molecule has 1 atom stereocenters. The zero-order valence-electron chi connectivity index (χ0n) is 13.0. The first-order chi connectivity index (χ1) is 11.6. The number of aliphatic hydroxyl groups is 1. The number of halogens is 1.